The Kier molecular flexibility index (Phi) is 6.64. The summed E-state index contributed by atoms with van der Waals surface area (Å²) in [5.41, 5.74) is 2.00. The molecule has 2 unspecified atom stereocenters. The molecule has 0 radical (unpaired) electrons. The van der Waals surface area contributed by atoms with Crippen molar-refractivity contribution in [3.63, 3.8) is 0 Å². The van der Waals surface area contributed by atoms with Gasteiger partial charge in [0.05, 0.1) is 23.1 Å². The molecule has 0 saturated carbocycles. The molecule has 0 amide bonds. The lowest BCUT2D eigenvalue weighted by Gasteiger charge is -2.36. The van der Waals surface area contributed by atoms with Gasteiger partial charge in [0, 0.05) is 37.5 Å². The van der Waals surface area contributed by atoms with Gasteiger partial charge in [-0.3, -0.25) is 15.4 Å². The van der Waals surface area contributed by atoms with Crippen molar-refractivity contribution in [2.24, 2.45) is 0 Å². The number of allylic oxidation sites excluding steroid dienone is 1. The average Bonchev–Trinajstić information content (AvgIpc) is 3.21. The van der Waals surface area contributed by atoms with E-state index in [2.05, 4.69) is 45.3 Å². The molecule has 2 aliphatic heterocycles. The first-order chi connectivity index (χ1) is 16.7. The molecule has 11 nitrogen and oxygen atoms in total. The zero-order valence-corrected chi connectivity index (χ0v) is 20.7. The summed E-state index contributed by atoms with van der Waals surface area (Å²) in [6.45, 7) is 3.47. The van der Waals surface area contributed by atoms with Gasteiger partial charge in [-0.25, -0.2) is 9.97 Å². The number of nitrogens with zero attached hydrogens (tertiary/aromatic N) is 4. The van der Waals surface area contributed by atoms with Crippen LogP contribution in [0.5, 0.6) is 0 Å². The van der Waals surface area contributed by atoms with E-state index in [9.17, 15) is 10.1 Å². The minimum absolute atomic E-state index is 0.0258. The van der Waals surface area contributed by atoms with Crippen molar-refractivity contribution >= 4 is 11.6 Å². The molecule has 1 aromatic carbocycles. The largest absolute Gasteiger partial charge is 0.481 e. The molecule has 186 valence electrons. The number of methoxy groups -OCH3 is 1. The maximum absolute atomic E-state index is 12.1. The van der Waals surface area contributed by atoms with Crippen LogP contribution in [0.25, 0.3) is 0 Å². The minimum atomic E-state index is -1.10. The van der Waals surface area contributed by atoms with E-state index in [4.69, 9.17) is 9.72 Å². The number of para-hydroxylation sites is 1. The molecule has 3 heterocycles. The highest BCUT2D eigenvalue weighted by molar-refractivity contribution is 5.63. The fourth-order valence-electron chi connectivity index (χ4n) is 4.57. The molecular weight excluding hydrogens is 448 g/mol. The average molecular weight is 481 g/mol. The van der Waals surface area contributed by atoms with Crippen molar-refractivity contribution in [3.05, 3.63) is 81.3 Å². The first-order valence-corrected chi connectivity index (χ1v) is 11.4. The van der Waals surface area contributed by atoms with Crippen molar-refractivity contribution in [3.8, 4) is 0 Å². The topological polar surface area (TPSA) is 130 Å². The molecule has 2 atom stereocenters. The first-order valence-electron chi connectivity index (χ1n) is 11.4. The summed E-state index contributed by atoms with van der Waals surface area (Å²) in [5.74, 6) is 0.681. The maximum Gasteiger partial charge on any atom is 0.288 e. The predicted molar refractivity (Wildman–Crippen MR) is 134 cm³/mol. The van der Waals surface area contributed by atoms with E-state index in [1.54, 1.807) is 13.2 Å². The Balaban J connectivity index is 1.67. The number of ether oxygens (including phenoxy) is 1. The number of hydrogen-bond donors (Lipinski definition) is 4. The van der Waals surface area contributed by atoms with Crippen molar-refractivity contribution in [2.75, 3.05) is 52.0 Å². The summed E-state index contributed by atoms with van der Waals surface area (Å²) in [5, 5.41) is 24.9. The summed E-state index contributed by atoms with van der Waals surface area (Å²) in [6, 6.07) is 10.1. The number of dihydropyridines is 1. The summed E-state index contributed by atoms with van der Waals surface area (Å²) >= 11 is 0. The third-order valence-corrected chi connectivity index (χ3v) is 6.67. The minimum Gasteiger partial charge on any atom is -0.481 e. The normalized spacial score (nSPS) is 23.3. The molecule has 0 aliphatic carbocycles. The van der Waals surface area contributed by atoms with Crippen LogP contribution in [0.4, 0.5) is 11.6 Å². The van der Waals surface area contributed by atoms with Crippen LogP contribution in [0.15, 0.2) is 59.9 Å². The Labute approximate surface area is 204 Å². The Morgan fingerprint density at radius 1 is 1.29 bits per heavy atom. The van der Waals surface area contributed by atoms with Gasteiger partial charge in [-0.05, 0) is 45.8 Å². The van der Waals surface area contributed by atoms with Crippen molar-refractivity contribution < 1.29 is 9.66 Å². The highest BCUT2D eigenvalue weighted by Crippen LogP contribution is 2.40. The molecular formula is C24H32N8O3. The number of fused-ring (bicyclic) bond motifs is 1. The summed E-state index contributed by atoms with van der Waals surface area (Å²) in [4.78, 5) is 22.8. The second-order valence-corrected chi connectivity index (χ2v) is 9.19. The van der Waals surface area contributed by atoms with E-state index in [0.717, 1.165) is 16.9 Å². The van der Waals surface area contributed by atoms with Gasteiger partial charge in [-0.1, -0.05) is 18.2 Å². The Bertz CT molecular complexity index is 1180. The molecule has 1 aromatic heterocycles. The zero-order valence-electron chi connectivity index (χ0n) is 20.7. The van der Waals surface area contributed by atoms with Crippen LogP contribution in [-0.4, -0.2) is 66.8 Å². The first kappa shape index (κ1) is 24.4. The second kappa shape index (κ2) is 9.51. The Morgan fingerprint density at radius 2 is 2.06 bits per heavy atom. The van der Waals surface area contributed by atoms with Crippen LogP contribution in [-0.2, 0) is 10.2 Å². The van der Waals surface area contributed by atoms with Gasteiger partial charge in [-0.2, -0.15) is 0 Å². The lowest BCUT2D eigenvalue weighted by Crippen LogP contribution is -2.61. The van der Waals surface area contributed by atoms with Crippen LogP contribution >= 0.6 is 0 Å². The molecule has 0 spiro atoms. The molecule has 0 saturated heterocycles. The molecule has 0 bridgehead atoms. The van der Waals surface area contributed by atoms with Crippen molar-refractivity contribution in [1.82, 2.24) is 25.5 Å². The smallest absolute Gasteiger partial charge is 0.288 e. The Hall–Kier alpha value is -3.70. The van der Waals surface area contributed by atoms with E-state index >= 15 is 0 Å². The van der Waals surface area contributed by atoms with Gasteiger partial charge in [-0.15, -0.1) is 0 Å². The number of nitrogens with one attached hydrogen (secondary N) is 4. The molecule has 2 aromatic rings. The fourth-order valence-corrected chi connectivity index (χ4v) is 4.57. The van der Waals surface area contributed by atoms with Gasteiger partial charge in [0.15, 0.2) is 5.66 Å². The standard InChI is InChI=1S/C24H32N8O3/c1-23(15-27-17-9-7-6-8-16(17)23)19-10-12-26-22(29-19)28-18-14-20(32(33)34)24(25-2,11-13-31(3)4)30-21(18)35-5/h6-10,12,14,25,27,30H,11,13,15H2,1-5H3,(H,26,28,29). The number of aromatic nitrogens is 2. The third kappa shape index (κ3) is 4.52. The van der Waals surface area contributed by atoms with Gasteiger partial charge in [0.25, 0.3) is 5.70 Å². The van der Waals surface area contributed by atoms with E-state index < -0.39 is 5.66 Å². The van der Waals surface area contributed by atoms with Crippen molar-refractivity contribution in [1.29, 1.82) is 0 Å². The lowest BCUT2D eigenvalue weighted by molar-refractivity contribution is -0.438. The van der Waals surface area contributed by atoms with Crippen LogP contribution in [0, 0.1) is 10.1 Å². The van der Waals surface area contributed by atoms with Crippen LogP contribution in [0.1, 0.15) is 24.6 Å². The molecule has 11 heteroatoms. The summed E-state index contributed by atoms with van der Waals surface area (Å²) in [7, 11) is 7.04. The summed E-state index contributed by atoms with van der Waals surface area (Å²) < 4.78 is 5.58. The van der Waals surface area contributed by atoms with Crippen LogP contribution < -0.4 is 21.3 Å². The molecule has 4 rings (SSSR count). The van der Waals surface area contributed by atoms with Gasteiger partial charge < -0.3 is 25.6 Å². The monoisotopic (exact) mass is 480 g/mol. The number of anilines is 2. The highest BCUT2D eigenvalue weighted by atomic mass is 16.6. The molecule has 35 heavy (non-hydrogen) atoms. The predicted octanol–water partition coefficient (Wildman–Crippen LogP) is 2.07. The van der Waals surface area contributed by atoms with E-state index in [1.165, 1.54) is 13.2 Å². The number of hydrogen-bond acceptors (Lipinski definition) is 10. The zero-order chi connectivity index (χ0) is 25.2. The Morgan fingerprint density at radius 3 is 2.74 bits per heavy atom. The SMILES string of the molecule is CNC1(CCN(C)C)NC(OC)=C(Nc2nccc(C3(C)CNc4ccccc43)n2)C=C1[N+](=O)[O-]. The maximum atomic E-state index is 12.1. The van der Waals surface area contributed by atoms with E-state index in [-0.39, 0.29) is 16.0 Å². The highest BCUT2D eigenvalue weighted by Gasteiger charge is 2.46. The van der Waals surface area contributed by atoms with Gasteiger partial charge in [0.1, 0.15) is 5.70 Å². The molecule has 2 aliphatic rings. The number of rotatable bonds is 9. The third-order valence-electron chi connectivity index (χ3n) is 6.67. The van der Waals surface area contributed by atoms with Crippen LogP contribution in [0.2, 0.25) is 0 Å². The van der Waals surface area contributed by atoms with Gasteiger partial charge in [0.2, 0.25) is 11.8 Å². The van der Waals surface area contributed by atoms with Crippen molar-refractivity contribution in [2.45, 2.75) is 24.4 Å². The number of benzene rings is 1. The molecule has 0 fully saturated rings. The molecule has 4 N–H and O–H groups in total. The lowest BCUT2D eigenvalue weighted by atomic mass is 9.81. The number of likely N-dealkylation sites (N-methyl/N-ethyl adjacent to an activating group) is 1. The summed E-state index contributed by atoms with van der Waals surface area (Å²) in [6.07, 6.45) is 3.61. The van der Waals surface area contributed by atoms with Gasteiger partial charge >= 0.3 is 0 Å². The van der Waals surface area contributed by atoms with E-state index in [1.807, 2.05) is 37.2 Å². The second-order valence-electron chi connectivity index (χ2n) is 9.19. The van der Waals surface area contributed by atoms with E-state index in [0.29, 0.717) is 37.0 Å². The number of nitro groups is 1. The fraction of sp³-hybridized carbons (Fsp3) is 0.417. The van der Waals surface area contributed by atoms with Crippen LogP contribution in [0.3, 0.4) is 0 Å². The quantitative estimate of drug-likeness (QED) is 0.313.